The first kappa shape index (κ1) is 51.0. The van der Waals surface area contributed by atoms with Gasteiger partial charge in [-0.3, -0.25) is 18.6 Å². The highest BCUT2D eigenvalue weighted by atomic mass is 31.2. The Morgan fingerprint density at radius 1 is 0.585 bits per heavy atom. The van der Waals surface area contributed by atoms with E-state index in [0.29, 0.717) is 19.4 Å². The number of nitrogens with zero attached hydrogens (tertiary/aromatic N) is 1. The zero-order chi connectivity index (χ0) is 39.1. The first-order valence-electron chi connectivity index (χ1n) is 20.9. The Labute approximate surface area is 324 Å². The minimum absolute atomic E-state index is 0.00148. The fourth-order valence-electron chi connectivity index (χ4n) is 5.38. The molecule has 0 saturated heterocycles. The summed E-state index contributed by atoms with van der Waals surface area (Å²) in [4.78, 5) is 36.9. The van der Waals surface area contributed by atoms with Crippen LogP contribution in [-0.4, -0.2) is 68.3 Å². The summed E-state index contributed by atoms with van der Waals surface area (Å²) in [6.45, 7) is 4.24. The molecule has 53 heavy (non-hydrogen) atoms. The van der Waals surface area contributed by atoms with Gasteiger partial charge >= 0.3 is 19.8 Å². The van der Waals surface area contributed by atoms with Crippen LogP contribution in [0.4, 0.5) is 0 Å². The van der Waals surface area contributed by atoms with Gasteiger partial charge in [-0.15, -0.1) is 0 Å². The number of allylic oxidation sites excluding steroid dienone is 8. The molecule has 0 fully saturated rings. The van der Waals surface area contributed by atoms with Gasteiger partial charge in [-0.25, -0.2) is 4.57 Å². The fraction of sp³-hybridized carbons (Fsp3) is 0.767. The van der Waals surface area contributed by atoms with Gasteiger partial charge in [-0.1, -0.05) is 146 Å². The molecule has 0 amide bonds. The van der Waals surface area contributed by atoms with Gasteiger partial charge in [0.1, 0.15) is 6.61 Å². The molecule has 0 aliphatic rings. The molecule has 0 saturated carbocycles. The maximum atomic E-state index is 12.6. The molecule has 10 heteroatoms. The summed E-state index contributed by atoms with van der Waals surface area (Å²) in [7, 11) is -0.726. The molecule has 0 bridgehead atoms. The summed E-state index contributed by atoms with van der Waals surface area (Å²) < 4.78 is 33.4. The molecular weight excluding hydrogens is 689 g/mol. The van der Waals surface area contributed by atoms with Gasteiger partial charge < -0.3 is 19.3 Å². The summed E-state index contributed by atoms with van der Waals surface area (Å²) in [6.07, 6.45) is 41.5. The molecule has 308 valence electrons. The van der Waals surface area contributed by atoms with E-state index in [4.69, 9.17) is 18.5 Å². The molecular formula is C43H78NO8P. The molecule has 0 aromatic rings. The van der Waals surface area contributed by atoms with Crippen LogP contribution < -0.4 is 0 Å². The van der Waals surface area contributed by atoms with Gasteiger partial charge in [0, 0.05) is 19.4 Å². The Morgan fingerprint density at radius 3 is 1.55 bits per heavy atom. The average molecular weight is 768 g/mol. The van der Waals surface area contributed by atoms with E-state index >= 15 is 0 Å². The highest BCUT2D eigenvalue weighted by Crippen LogP contribution is 2.43. The van der Waals surface area contributed by atoms with Crippen LogP contribution in [0.3, 0.4) is 0 Å². The molecule has 9 nitrogen and oxygen atoms in total. The Bertz CT molecular complexity index is 1030. The molecule has 0 radical (unpaired) electrons. The third kappa shape index (κ3) is 39.5. The van der Waals surface area contributed by atoms with Crippen molar-refractivity contribution in [2.24, 2.45) is 0 Å². The number of unbranched alkanes of at least 4 members (excludes halogenated alkanes) is 16. The predicted molar refractivity (Wildman–Crippen MR) is 220 cm³/mol. The first-order chi connectivity index (χ1) is 25.7. The first-order valence-corrected chi connectivity index (χ1v) is 22.4. The number of esters is 2. The molecule has 0 aliphatic heterocycles. The highest BCUT2D eigenvalue weighted by molar-refractivity contribution is 7.47. The van der Waals surface area contributed by atoms with E-state index in [1.165, 1.54) is 77.0 Å². The molecule has 0 rings (SSSR count). The van der Waals surface area contributed by atoms with Crippen LogP contribution in [0.15, 0.2) is 48.6 Å². The molecule has 0 aromatic heterocycles. The lowest BCUT2D eigenvalue weighted by atomic mass is 10.1. The van der Waals surface area contributed by atoms with Crippen molar-refractivity contribution in [3.63, 3.8) is 0 Å². The minimum atomic E-state index is -4.36. The number of hydrogen-bond acceptors (Lipinski definition) is 8. The van der Waals surface area contributed by atoms with Crippen LogP contribution in [0.25, 0.3) is 0 Å². The largest absolute Gasteiger partial charge is 0.472 e. The number of hydrogen-bond donors (Lipinski definition) is 1. The SMILES string of the molecule is CCCCC/C=C\C/C=C\C/C=C\C/C=C\CCCCCC(=O)OCC(COP(=O)(O)OCCN(C)C)OC(=O)CCCCCCCCCCCCC. The van der Waals surface area contributed by atoms with E-state index in [9.17, 15) is 19.0 Å². The topological polar surface area (TPSA) is 112 Å². The van der Waals surface area contributed by atoms with Gasteiger partial charge in [-0.2, -0.15) is 0 Å². The second-order valence-electron chi connectivity index (χ2n) is 14.2. The van der Waals surface area contributed by atoms with Gasteiger partial charge in [0.15, 0.2) is 6.10 Å². The summed E-state index contributed by atoms with van der Waals surface area (Å²) in [6, 6.07) is 0. The average Bonchev–Trinajstić information content (AvgIpc) is 3.12. The van der Waals surface area contributed by atoms with Gasteiger partial charge in [0.25, 0.3) is 0 Å². The third-order valence-electron chi connectivity index (χ3n) is 8.64. The zero-order valence-corrected chi connectivity index (χ0v) is 35.1. The van der Waals surface area contributed by atoms with Crippen molar-refractivity contribution in [2.75, 3.05) is 40.5 Å². The van der Waals surface area contributed by atoms with Crippen LogP contribution in [0, 0.1) is 0 Å². The number of carbonyl (C=O) groups is 2. The number of phosphoric acid groups is 1. The Morgan fingerprint density at radius 2 is 1.02 bits per heavy atom. The van der Waals surface area contributed by atoms with Crippen LogP contribution in [0.2, 0.25) is 0 Å². The molecule has 0 aliphatic carbocycles. The van der Waals surface area contributed by atoms with Crippen molar-refractivity contribution in [1.82, 2.24) is 4.90 Å². The van der Waals surface area contributed by atoms with Crippen molar-refractivity contribution in [3.05, 3.63) is 48.6 Å². The second-order valence-corrected chi connectivity index (χ2v) is 15.6. The third-order valence-corrected chi connectivity index (χ3v) is 9.62. The maximum Gasteiger partial charge on any atom is 0.472 e. The number of ether oxygens (including phenoxy) is 2. The van der Waals surface area contributed by atoms with Crippen molar-refractivity contribution >= 4 is 19.8 Å². The Balaban J connectivity index is 4.35. The summed E-state index contributed by atoms with van der Waals surface area (Å²) >= 11 is 0. The summed E-state index contributed by atoms with van der Waals surface area (Å²) in [5.74, 6) is -0.840. The van der Waals surface area contributed by atoms with Crippen molar-refractivity contribution in [3.8, 4) is 0 Å². The lowest BCUT2D eigenvalue weighted by Crippen LogP contribution is -2.29. The fourth-order valence-corrected chi connectivity index (χ4v) is 6.12. The van der Waals surface area contributed by atoms with Gasteiger partial charge in [0.2, 0.25) is 0 Å². The van der Waals surface area contributed by atoms with Crippen molar-refractivity contribution < 1.29 is 37.6 Å². The Hall–Kier alpha value is -2.03. The Kier molecular flexibility index (Phi) is 36.8. The molecule has 2 atom stereocenters. The number of rotatable bonds is 38. The second kappa shape index (κ2) is 38.3. The van der Waals surface area contributed by atoms with Crippen LogP contribution in [-0.2, 0) is 32.7 Å². The summed E-state index contributed by atoms with van der Waals surface area (Å²) in [5.41, 5.74) is 0. The zero-order valence-electron chi connectivity index (χ0n) is 34.2. The molecule has 0 heterocycles. The number of phosphoric ester groups is 1. The van der Waals surface area contributed by atoms with E-state index in [1.54, 1.807) is 0 Å². The lowest BCUT2D eigenvalue weighted by Gasteiger charge is -2.20. The van der Waals surface area contributed by atoms with E-state index in [2.05, 4.69) is 62.5 Å². The van der Waals surface area contributed by atoms with E-state index in [-0.39, 0.29) is 26.1 Å². The number of carbonyl (C=O) groups excluding carboxylic acids is 2. The number of likely N-dealkylation sites (N-methyl/N-ethyl adjacent to an activating group) is 1. The standard InChI is InChI=1S/C43H78NO8P/c1-5-7-9-11-13-15-17-18-19-20-21-22-23-24-26-27-29-31-33-35-42(45)49-39-41(40-51-53(47,48)50-38-37-44(3)4)52-43(46)36-34-32-30-28-25-16-14-12-10-8-6-2/h13,15,18-19,21-22,24,26,41H,5-12,14,16-17,20,23,25,27-40H2,1-4H3,(H,47,48)/b15-13-,19-18-,22-21-,26-24-. The summed E-state index contributed by atoms with van der Waals surface area (Å²) in [5, 5.41) is 0. The quantitative estimate of drug-likeness (QED) is 0.0284. The van der Waals surface area contributed by atoms with Crippen LogP contribution >= 0.6 is 7.82 Å². The van der Waals surface area contributed by atoms with E-state index in [1.807, 2.05) is 19.0 Å². The molecule has 2 unspecified atom stereocenters. The van der Waals surface area contributed by atoms with Crippen LogP contribution in [0.5, 0.6) is 0 Å². The molecule has 1 N–H and O–H groups in total. The predicted octanol–water partition coefficient (Wildman–Crippen LogP) is 11.8. The maximum absolute atomic E-state index is 12.6. The smallest absolute Gasteiger partial charge is 0.462 e. The van der Waals surface area contributed by atoms with E-state index in [0.717, 1.165) is 51.4 Å². The van der Waals surface area contributed by atoms with Gasteiger partial charge in [-0.05, 0) is 71.9 Å². The lowest BCUT2D eigenvalue weighted by molar-refractivity contribution is -0.161. The minimum Gasteiger partial charge on any atom is -0.462 e. The monoisotopic (exact) mass is 768 g/mol. The van der Waals surface area contributed by atoms with Crippen molar-refractivity contribution in [2.45, 2.75) is 174 Å². The van der Waals surface area contributed by atoms with Crippen LogP contribution in [0.1, 0.15) is 168 Å². The van der Waals surface area contributed by atoms with Gasteiger partial charge in [0.05, 0.1) is 13.2 Å². The normalized spacial score (nSPS) is 13.9. The van der Waals surface area contributed by atoms with Crippen molar-refractivity contribution in [1.29, 1.82) is 0 Å². The van der Waals surface area contributed by atoms with E-state index < -0.39 is 32.5 Å². The molecule has 0 aromatic carbocycles. The molecule has 0 spiro atoms. The highest BCUT2D eigenvalue weighted by Gasteiger charge is 2.26.